The van der Waals surface area contributed by atoms with Gasteiger partial charge in [-0.05, 0) is 0 Å². The highest BCUT2D eigenvalue weighted by Crippen LogP contribution is 2.38. The summed E-state index contributed by atoms with van der Waals surface area (Å²) in [5.74, 6) is 0.931. The van der Waals surface area contributed by atoms with Gasteiger partial charge in [0.2, 0.25) is 0 Å². The summed E-state index contributed by atoms with van der Waals surface area (Å²) in [6.07, 6.45) is 0. The second-order valence-corrected chi connectivity index (χ2v) is 3.95. The average molecular weight is 123 g/mol. The molecule has 4 heteroatoms. The molecule has 1 saturated heterocycles. The highest BCUT2D eigenvalue weighted by Gasteiger charge is 2.16. The van der Waals surface area contributed by atoms with Crippen LogP contribution in [0.3, 0.4) is 0 Å². The zero-order chi connectivity index (χ0) is 5.33. The van der Waals surface area contributed by atoms with Crippen molar-refractivity contribution in [2.75, 3.05) is 18.2 Å². The molecule has 1 aliphatic rings. The van der Waals surface area contributed by atoms with E-state index < -0.39 is 10.6 Å². The maximum Gasteiger partial charge on any atom is 0.0867 e. The zero-order valence-corrected chi connectivity index (χ0v) is 4.74. The van der Waals surface area contributed by atoms with Gasteiger partial charge in [-0.3, -0.25) is 14.4 Å². The van der Waals surface area contributed by atoms with Gasteiger partial charge < -0.3 is 0 Å². The third kappa shape index (κ3) is 1.31. The average Bonchev–Trinajstić information content (AvgIpc) is 1.84. The highest BCUT2D eigenvalue weighted by atomic mass is 32.3. The van der Waals surface area contributed by atoms with E-state index in [2.05, 4.69) is 5.32 Å². The summed E-state index contributed by atoms with van der Waals surface area (Å²) in [6, 6.07) is 0. The zero-order valence-electron chi connectivity index (χ0n) is 3.92. The van der Waals surface area contributed by atoms with Crippen LogP contribution >= 0.6 is 10.6 Å². The molecular weight excluding hydrogens is 114 g/mol. The second-order valence-electron chi connectivity index (χ2n) is 1.65. The van der Waals surface area contributed by atoms with Gasteiger partial charge in [-0.15, -0.1) is 0 Å². The Morgan fingerprint density at radius 3 is 2.29 bits per heavy atom. The van der Waals surface area contributed by atoms with Crippen molar-refractivity contribution in [1.29, 1.82) is 0 Å². The predicted octanol–water partition coefficient (Wildman–Crippen LogP) is 0.298. The minimum atomic E-state index is -2.16. The smallest absolute Gasteiger partial charge is 0.0867 e. The van der Waals surface area contributed by atoms with Crippen LogP contribution in [-0.2, 0) is 0 Å². The molecule has 0 radical (unpaired) electrons. The molecule has 3 nitrogen and oxygen atoms in total. The van der Waals surface area contributed by atoms with E-state index in [1.54, 1.807) is 0 Å². The molecule has 7 heavy (non-hydrogen) atoms. The van der Waals surface area contributed by atoms with E-state index in [9.17, 15) is 0 Å². The van der Waals surface area contributed by atoms with Crippen molar-refractivity contribution in [3.63, 3.8) is 0 Å². The molecule has 0 unspecified atom stereocenters. The summed E-state index contributed by atoms with van der Waals surface area (Å²) in [5, 5.41) is 2.85. The number of rotatable bonds is 0. The molecule has 0 aromatic carbocycles. The van der Waals surface area contributed by atoms with Gasteiger partial charge in [0.25, 0.3) is 0 Å². The second kappa shape index (κ2) is 1.63. The Hall–Kier alpha value is 0.230. The van der Waals surface area contributed by atoms with Crippen molar-refractivity contribution in [2.24, 2.45) is 0 Å². The molecule has 0 bridgehead atoms. The van der Waals surface area contributed by atoms with Crippen LogP contribution in [0.15, 0.2) is 0 Å². The molecule has 44 valence electrons. The lowest BCUT2D eigenvalue weighted by Crippen LogP contribution is -2.06. The molecule has 1 aliphatic heterocycles. The molecule has 1 fully saturated rings. The first-order chi connectivity index (χ1) is 3.21. The summed E-state index contributed by atoms with van der Waals surface area (Å²) in [6.45, 7) is 0.752. The summed E-state index contributed by atoms with van der Waals surface area (Å²) in [5.41, 5.74) is 0. The van der Waals surface area contributed by atoms with Gasteiger partial charge in [0.15, 0.2) is 0 Å². The molecule has 1 rings (SSSR count). The van der Waals surface area contributed by atoms with Gasteiger partial charge in [-0.1, -0.05) is 0 Å². The molecule has 3 N–H and O–H groups in total. The predicted molar refractivity (Wildman–Crippen MR) is 30.6 cm³/mol. The maximum atomic E-state index is 8.77. The Morgan fingerprint density at radius 2 is 2.14 bits per heavy atom. The molecule has 0 saturated carbocycles. The normalized spacial score (nSPS) is 32.9. The van der Waals surface area contributed by atoms with Gasteiger partial charge in [0.1, 0.15) is 0 Å². The van der Waals surface area contributed by atoms with Crippen LogP contribution in [0.1, 0.15) is 0 Å². The van der Waals surface area contributed by atoms with Crippen molar-refractivity contribution in [2.45, 2.75) is 0 Å². The fourth-order valence-corrected chi connectivity index (χ4v) is 1.63. The van der Waals surface area contributed by atoms with E-state index in [-0.39, 0.29) is 0 Å². The first-order valence-electron chi connectivity index (χ1n) is 2.15. The fraction of sp³-hybridized carbons (Fsp3) is 1.00. The fourth-order valence-electron chi connectivity index (χ4n) is 0.543. The van der Waals surface area contributed by atoms with Crippen molar-refractivity contribution < 1.29 is 9.11 Å². The quantitative estimate of drug-likeness (QED) is 0.434. The summed E-state index contributed by atoms with van der Waals surface area (Å²) < 4.78 is 17.5. The summed E-state index contributed by atoms with van der Waals surface area (Å²) in [4.78, 5) is 0. The number of hydrogen-bond acceptors (Lipinski definition) is 3. The van der Waals surface area contributed by atoms with Crippen molar-refractivity contribution in [3.05, 3.63) is 0 Å². The van der Waals surface area contributed by atoms with Crippen LogP contribution in [0, 0.1) is 0 Å². The molecule has 0 spiro atoms. The van der Waals surface area contributed by atoms with Gasteiger partial charge in [0.05, 0.1) is 11.6 Å². The minimum absolute atomic E-state index is 0.396. The maximum absolute atomic E-state index is 8.77. The molecule has 0 aromatic heterocycles. The van der Waals surface area contributed by atoms with Crippen LogP contribution in [0.25, 0.3) is 0 Å². The number of hydrogen-bond donors (Lipinski definition) is 3. The lowest BCUT2D eigenvalue weighted by Gasteiger charge is -2.23. The van der Waals surface area contributed by atoms with Gasteiger partial charge in [-0.2, -0.15) is 10.6 Å². The van der Waals surface area contributed by atoms with E-state index in [1.165, 1.54) is 0 Å². The summed E-state index contributed by atoms with van der Waals surface area (Å²) in [7, 11) is -2.16. The van der Waals surface area contributed by atoms with E-state index >= 15 is 0 Å². The number of nitrogens with one attached hydrogen (secondary N) is 1. The SMILES string of the molecule is OS1(O)CCNC1. The molecule has 0 aromatic rings. The molecule has 0 atom stereocenters. The Morgan fingerprint density at radius 1 is 1.43 bits per heavy atom. The van der Waals surface area contributed by atoms with Crippen LogP contribution in [-0.4, -0.2) is 27.3 Å². The standard InChI is InChI=1S/C3H9NO2S/c5-7(6)2-1-4-3-7/h4-6H,1-3H2. The van der Waals surface area contributed by atoms with Crippen molar-refractivity contribution in [3.8, 4) is 0 Å². The Balaban J connectivity index is 2.40. The molecule has 0 amide bonds. The first-order valence-corrected chi connectivity index (χ1v) is 4.03. The first kappa shape index (κ1) is 5.37. The van der Waals surface area contributed by atoms with E-state index in [0.29, 0.717) is 11.6 Å². The molecule has 0 aliphatic carbocycles. The Bertz CT molecular complexity index is 67.3. The third-order valence-corrected chi connectivity index (χ3v) is 2.46. The topological polar surface area (TPSA) is 52.5 Å². The van der Waals surface area contributed by atoms with E-state index in [1.807, 2.05) is 0 Å². The van der Waals surface area contributed by atoms with Crippen LogP contribution in [0.5, 0.6) is 0 Å². The third-order valence-electron chi connectivity index (χ3n) is 0.939. The van der Waals surface area contributed by atoms with Crippen LogP contribution in [0.2, 0.25) is 0 Å². The largest absolute Gasteiger partial charge is 0.299 e. The molecular formula is C3H9NO2S. The van der Waals surface area contributed by atoms with Crippen molar-refractivity contribution in [1.82, 2.24) is 5.32 Å². The highest BCUT2D eigenvalue weighted by molar-refractivity contribution is 8.24. The van der Waals surface area contributed by atoms with Crippen LogP contribution < -0.4 is 5.32 Å². The van der Waals surface area contributed by atoms with Crippen molar-refractivity contribution >= 4 is 10.6 Å². The summed E-state index contributed by atoms with van der Waals surface area (Å²) >= 11 is 0. The Kier molecular flexibility index (Phi) is 1.25. The van der Waals surface area contributed by atoms with Gasteiger partial charge >= 0.3 is 0 Å². The monoisotopic (exact) mass is 123 g/mol. The molecule has 1 heterocycles. The van der Waals surface area contributed by atoms with E-state index in [0.717, 1.165) is 6.54 Å². The van der Waals surface area contributed by atoms with Crippen LogP contribution in [0.4, 0.5) is 0 Å². The van der Waals surface area contributed by atoms with Gasteiger partial charge in [0, 0.05) is 6.54 Å². The van der Waals surface area contributed by atoms with Gasteiger partial charge in [-0.25, -0.2) is 0 Å². The van der Waals surface area contributed by atoms with E-state index in [4.69, 9.17) is 9.11 Å². The Labute approximate surface area is 44.1 Å². The minimum Gasteiger partial charge on any atom is -0.299 e. The lowest BCUT2D eigenvalue weighted by atomic mass is 10.8. The lowest BCUT2D eigenvalue weighted by molar-refractivity contribution is 0.494.